The summed E-state index contributed by atoms with van der Waals surface area (Å²) in [6, 6.07) is 5.89. The molecule has 0 aromatic heterocycles. The third-order valence-corrected chi connectivity index (χ3v) is 4.37. The van der Waals surface area contributed by atoms with E-state index in [0.717, 1.165) is 25.1 Å². The Hall–Kier alpha value is -1.46. The molecule has 1 saturated heterocycles. The normalized spacial score (nSPS) is 26.6. The molecule has 3 N–H and O–H groups in total. The molecule has 2 aliphatic rings. The minimum atomic E-state index is 0.0866. The smallest absolute Gasteiger partial charge is 0.172 e. The van der Waals surface area contributed by atoms with Crippen molar-refractivity contribution in [1.82, 2.24) is 0 Å². The van der Waals surface area contributed by atoms with Crippen molar-refractivity contribution in [2.24, 2.45) is 10.9 Å². The van der Waals surface area contributed by atoms with Crippen molar-refractivity contribution in [1.29, 1.82) is 0 Å². The Morgan fingerprint density at radius 2 is 2.30 bits per heavy atom. The molecular formula is C14H18ClN3O2. The van der Waals surface area contributed by atoms with Gasteiger partial charge in [0.25, 0.3) is 0 Å². The van der Waals surface area contributed by atoms with E-state index in [1.807, 2.05) is 12.1 Å². The molecule has 3 rings (SSSR count). The standard InChI is InChI=1S/C14H18ClN3O2/c15-9-4-5-11(10(8-9)14(16)17-19)18-6-7-20-13-3-1-2-12(13)18/h4-5,8,12-13,19H,1-3,6-7H2,(H2,16,17). The Bertz CT molecular complexity index is 535. The van der Waals surface area contributed by atoms with Gasteiger partial charge in [-0.15, -0.1) is 0 Å². The maximum Gasteiger partial charge on any atom is 0.172 e. The zero-order chi connectivity index (χ0) is 14.1. The van der Waals surface area contributed by atoms with E-state index < -0.39 is 0 Å². The zero-order valence-corrected chi connectivity index (χ0v) is 11.9. The van der Waals surface area contributed by atoms with Crippen molar-refractivity contribution in [3.63, 3.8) is 0 Å². The van der Waals surface area contributed by atoms with Gasteiger partial charge >= 0.3 is 0 Å². The SMILES string of the molecule is NC(=NO)c1cc(Cl)ccc1N1CCOC2CCCC21. The fourth-order valence-corrected chi connectivity index (χ4v) is 3.41. The highest BCUT2D eigenvalue weighted by Crippen LogP contribution is 2.35. The minimum Gasteiger partial charge on any atom is -0.409 e. The van der Waals surface area contributed by atoms with Gasteiger partial charge in [0.15, 0.2) is 5.84 Å². The lowest BCUT2D eigenvalue weighted by Crippen LogP contribution is -2.49. The fourth-order valence-electron chi connectivity index (χ4n) is 3.24. The molecule has 0 radical (unpaired) electrons. The van der Waals surface area contributed by atoms with Gasteiger partial charge in [0.2, 0.25) is 0 Å². The zero-order valence-electron chi connectivity index (χ0n) is 11.1. The highest BCUT2D eigenvalue weighted by molar-refractivity contribution is 6.31. The number of hydrogen-bond donors (Lipinski definition) is 2. The third-order valence-electron chi connectivity index (χ3n) is 4.13. The van der Waals surface area contributed by atoms with Crippen LogP contribution in [0.25, 0.3) is 0 Å². The van der Waals surface area contributed by atoms with Crippen molar-refractivity contribution in [3.05, 3.63) is 28.8 Å². The van der Waals surface area contributed by atoms with Crippen LogP contribution in [0.3, 0.4) is 0 Å². The first-order chi connectivity index (χ1) is 9.70. The largest absolute Gasteiger partial charge is 0.409 e. The molecule has 0 spiro atoms. The fraction of sp³-hybridized carbons (Fsp3) is 0.500. The molecule has 1 aromatic rings. The van der Waals surface area contributed by atoms with E-state index in [1.54, 1.807) is 6.07 Å². The quantitative estimate of drug-likeness (QED) is 0.380. The summed E-state index contributed by atoms with van der Waals surface area (Å²) < 4.78 is 5.83. The molecule has 1 aliphatic heterocycles. The summed E-state index contributed by atoms with van der Waals surface area (Å²) in [5.41, 5.74) is 7.43. The number of amidine groups is 1. The van der Waals surface area contributed by atoms with Crippen LogP contribution in [0.15, 0.2) is 23.4 Å². The average Bonchev–Trinajstić information content (AvgIpc) is 2.95. The maximum atomic E-state index is 8.97. The van der Waals surface area contributed by atoms with Crippen LogP contribution in [0.2, 0.25) is 5.02 Å². The number of nitrogens with two attached hydrogens (primary N) is 1. The molecule has 5 nitrogen and oxygen atoms in total. The van der Waals surface area contributed by atoms with Crippen molar-refractivity contribution in [3.8, 4) is 0 Å². The van der Waals surface area contributed by atoms with Crippen LogP contribution < -0.4 is 10.6 Å². The number of morpholine rings is 1. The van der Waals surface area contributed by atoms with E-state index in [9.17, 15) is 0 Å². The molecule has 6 heteroatoms. The van der Waals surface area contributed by atoms with Crippen LogP contribution in [0, 0.1) is 0 Å². The summed E-state index contributed by atoms with van der Waals surface area (Å²) in [5, 5.41) is 12.7. The molecule has 2 unspecified atom stereocenters. The van der Waals surface area contributed by atoms with Crippen LogP contribution in [0.5, 0.6) is 0 Å². The van der Waals surface area contributed by atoms with E-state index in [-0.39, 0.29) is 5.84 Å². The van der Waals surface area contributed by atoms with Gasteiger partial charge < -0.3 is 20.6 Å². The van der Waals surface area contributed by atoms with Gasteiger partial charge in [0.1, 0.15) is 0 Å². The molecular weight excluding hydrogens is 278 g/mol. The van der Waals surface area contributed by atoms with E-state index in [1.165, 1.54) is 6.42 Å². The van der Waals surface area contributed by atoms with E-state index >= 15 is 0 Å². The van der Waals surface area contributed by atoms with Crippen LogP contribution in [-0.4, -0.2) is 36.3 Å². The number of benzene rings is 1. The highest BCUT2D eigenvalue weighted by Gasteiger charge is 2.37. The van der Waals surface area contributed by atoms with Gasteiger partial charge in [-0.1, -0.05) is 16.8 Å². The first-order valence-electron chi connectivity index (χ1n) is 6.86. The second-order valence-electron chi connectivity index (χ2n) is 5.25. The lowest BCUT2D eigenvalue weighted by atomic mass is 10.1. The highest BCUT2D eigenvalue weighted by atomic mass is 35.5. The molecule has 1 saturated carbocycles. The van der Waals surface area contributed by atoms with Gasteiger partial charge in [-0.05, 0) is 37.5 Å². The molecule has 2 fully saturated rings. The minimum absolute atomic E-state index is 0.0866. The van der Waals surface area contributed by atoms with Crippen LogP contribution >= 0.6 is 11.6 Å². The number of fused-ring (bicyclic) bond motifs is 1. The van der Waals surface area contributed by atoms with Gasteiger partial charge in [0, 0.05) is 22.8 Å². The monoisotopic (exact) mass is 295 g/mol. The van der Waals surface area contributed by atoms with E-state index in [4.69, 9.17) is 27.3 Å². The topological polar surface area (TPSA) is 71.1 Å². The molecule has 1 heterocycles. The Morgan fingerprint density at radius 1 is 1.45 bits per heavy atom. The average molecular weight is 296 g/mol. The summed E-state index contributed by atoms with van der Waals surface area (Å²) >= 11 is 6.03. The van der Waals surface area contributed by atoms with Crippen LogP contribution in [-0.2, 0) is 4.74 Å². The molecule has 2 atom stereocenters. The lowest BCUT2D eigenvalue weighted by Gasteiger charge is -2.40. The van der Waals surface area contributed by atoms with Crippen molar-refractivity contribution in [2.75, 3.05) is 18.1 Å². The number of nitrogens with zero attached hydrogens (tertiary/aromatic N) is 2. The summed E-state index contributed by atoms with van der Waals surface area (Å²) in [5.74, 6) is 0.0866. The number of rotatable bonds is 2. The molecule has 108 valence electrons. The van der Waals surface area contributed by atoms with Gasteiger partial charge in [-0.25, -0.2) is 0 Å². The predicted octanol–water partition coefficient (Wildman–Crippen LogP) is 2.19. The van der Waals surface area contributed by atoms with Gasteiger partial charge in [-0.2, -0.15) is 0 Å². The molecule has 0 amide bonds. The van der Waals surface area contributed by atoms with E-state index in [2.05, 4.69) is 10.1 Å². The van der Waals surface area contributed by atoms with Crippen LogP contribution in [0.4, 0.5) is 5.69 Å². The number of oxime groups is 1. The molecule has 1 aliphatic carbocycles. The Kier molecular flexibility index (Phi) is 3.72. The summed E-state index contributed by atoms with van der Waals surface area (Å²) in [7, 11) is 0. The number of halogens is 1. The molecule has 0 bridgehead atoms. The van der Waals surface area contributed by atoms with E-state index in [0.29, 0.717) is 29.3 Å². The maximum absolute atomic E-state index is 8.97. The summed E-state index contributed by atoms with van der Waals surface area (Å²) in [6.07, 6.45) is 3.69. The summed E-state index contributed by atoms with van der Waals surface area (Å²) in [4.78, 5) is 2.31. The Morgan fingerprint density at radius 3 is 3.10 bits per heavy atom. The second kappa shape index (κ2) is 5.50. The van der Waals surface area contributed by atoms with Crippen molar-refractivity contribution >= 4 is 23.1 Å². The van der Waals surface area contributed by atoms with Gasteiger partial charge in [0.05, 0.1) is 18.8 Å². The summed E-state index contributed by atoms with van der Waals surface area (Å²) in [6.45, 7) is 1.52. The van der Waals surface area contributed by atoms with Gasteiger partial charge in [-0.3, -0.25) is 0 Å². The Labute approximate surface area is 122 Å². The van der Waals surface area contributed by atoms with Crippen molar-refractivity contribution in [2.45, 2.75) is 31.4 Å². The first-order valence-corrected chi connectivity index (χ1v) is 7.24. The predicted molar refractivity (Wildman–Crippen MR) is 78.7 cm³/mol. The molecule has 1 aromatic carbocycles. The second-order valence-corrected chi connectivity index (χ2v) is 5.68. The number of hydrogen-bond acceptors (Lipinski definition) is 4. The lowest BCUT2D eigenvalue weighted by molar-refractivity contribution is 0.0256. The number of ether oxygens (including phenoxy) is 1. The number of anilines is 1. The Balaban J connectivity index is 2.00. The van der Waals surface area contributed by atoms with Crippen molar-refractivity contribution < 1.29 is 9.94 Å². The first kappa shape index (κ1) is 13.5. The third kappa shape index (κ3) is 2.31. The molecule has 20 heavy (non-hydrogen) atoms. The van der Waals surface area contributed by atoms with Crippen LogP contribution in [0.1, 0.15) is 24.8 Å².